The lowest BCUT2D eigenvalue weighted by atomic mass is 10.0. The van der Waals surface area contributed by atoms with Gasteiger partial charge < -0.3 is 9.88 Å². The zero-order valence-corrected chi connectivity index (χ0v) is 19.0. The van der Waals surface area contributed by atoms with Crippen molar-refractivity contribution >= 4 is 22.6 Å². The summed E-state index contributed by atoms with van der Waals surface area (Å²) in [7, 11) is 0. The predicted molar refractivity (Wildman–Crippen MR) is 128 cm³/mol. The van der Waals surface area contributed by atoms with Crippen LogP contribution in [0.3, 0.4) is 0 Å². The molecule has 0 spiro atoms. The maximum absolute atomic E-state index is 12.7. The molecule has 0 radical (unpaired) electrons. The quantitative estimate of drug-likeness (QED) is 0.497. The van der Waals surface area contributed by atoms with Gasteiger partial charge >= 0.3 is 0 Å². The summed E-state index contributed by atoms with van der Waals surface area (Å²) in [4.78, 5) is 26.5. The van der Waals surface area contributed by atoms with E-state index in [1.165, 1.54) is 13.0 Å². The Labute approximate surface area is 185 Å². The number of benzene rings is 1. The fourth-order valence-electron chi connectivity index (χ4n) is 3.46. The second-order valence-electron chi connectivity index (χ2n) is 8.03. The Morgan fingerprint density at radius 2 is 1.81 bits per heavy atom. The number of carbonyl (C=O) groups is 2. The summed E-state index contributed by atoms with van der Waals surface area (Å²) in [6, 6.07) is 14.5. The highest BCUT2D eigenvalue weighted by atomic mass is 16.2. The summed E-state index contributed by atoms with van der Waals surface area (Å²) in [5.74, 6) is 0.652. The van der Waals surface area contributed by atoms with Crippen LogP contribution in [0.15, 0.2) is 67.5 Å². The topological polar surface area (TPSA) is 64.0 Å². The van der Waals surface area contributed by atoms with Gasteiger partial charge in [-0.2, -0.15) is 0 Å². The first kappa shape index (κ1) is 24.1. The van der Waals surface area contributed by atoms with E-state index in [1.54, 1.807) is 12.4 Å². The van der Waals surface area contributed by atoms with E-state index in [-0.39, 0.29) is 17.7 Å². The molecule has 1 N–H and O–H groups in total. The normalized spacial score (nSPS) is 11.5. The maximum atomic E-state index is 12.7. The molecule has 0 saturated carbocycles. The van der Waals surface area contributed by atoms with Crippen molar-refractivity contribution in [3.05, 3.63) is 67.5 Å². The van der Waals surface area contributed by atoms with Gasteiger partial charge in [-0.1, -0.05) is 45.5 Å². The van der Waals surface area contributed by atoms with E-state index in [0.29, 0.717) is 12.5 Å². The summed E-state index contributed by atoms with van der Waals surface area (Å²) in [5.41, 5.74) is 3.19. The number of ketones is 1. The van der Waals surface area contributed by atoms with Crippen molar-refractivity contribution in [2.45, 2.75) is 53.1 Å². The first-order chi connectivity index (χ1) is 14.8. The Hall–Kier alpha value is -3.21. The number of para-hydroxylation sites is 1. The van der Waals surface area contributed by atoms with Crippen LogP contribution in [0.1, 0.15) is 40.5 Å². The van der Waals surface area contributed by atoms with Gasteiger partial charge in [-0.3, -0.25) is 14.6 Å². The molecule has 31 heavy (non-hydrogen) atoms. The molecule has 0 aliphatic heterocycles. The lowest BCUT2D eigenvalue weighted by Gasteiger charge is -2.20. The average molecular weight is 420 g/mol. The van der Waals surface area contributed by atoms with Crippen LogP contribution in [-0.2, 0) is 16.1 Å². The van der Waals surface area contributed by atoms with Crippen LogP contribution in [0.25, 0.3) is 22.2 Å². The van der Waals surface area contributed by atoms with E-state index in [4.69, 9.17) is 0 Å². The molecule has 1 atom stereocenters. The number of nitrogens with zero attached hydrogens (tertiary/aromatic N) is 2. The molecule has 0 aliphatic rings. The monoisotopic (exact) mass is 419 g/mol. The number of aromatic nitrogens is 2. The van der Waals surface area contributed by atoms with Crippen molar-refractivity contribution in [1.29, 1.82) is 0 Å². The van der Waals surface area contributed by atoms with E-state index >= 15 is 0 Å². The first-order valence-corrected chi connectivity index (χ1v) is 10.8. The Balaban J connectivity index is 0.000000614. The van der Waals surface area contributed by atoms with E-state index in [9.17, 15) is 9.59 Å². The number of hydrogen-bond acceptors (Lipinski definition) is 3. The molecule has 164 valence electrons. The molecule has 3 aromatic rings. The van der Waals surface area contributed by atoms with Crippen molar-refractivity contribution in [3.63, 3.8) is 0 Å². The molecule has 2 heterocycles. The third-order valence-electron chi connectivity index (χ3n) is 4.99. The fraction of sp³-hybridized carbons (Fsp3) is 0.346. The minimum Gasteiger partial charge on any atom is -0.352 e. The number of pyridine rings is 1. The highest BCUT2D eigenvalue weighted by molar-refractivity contribution is 5.89. The molecule has 5 heteroatoms. The van der Waals surface area contributed by atoms with Crippen molar-refractivity contribution in [2.75, 3.05) is 0 Å². The molecular formula is C26H33N3O2. The van der Waals surface area contributed by atoms with Gasteiger partial charge in [-0.15, -0.1) is 0 Å². The molecule has 0 fully saturated rings. The lowest BCUT2D eigenvalue weighted by molar-refractivity contribution is -0.122. The van der Waals surface area contributed by atoms with Gasteiger partial charge in [0.2, 0.25) is 5.91 Å². The van der Waals surface area contributed by atoms with E-state index in [2.05, 4.69) is 60.4 Å². The Morgan fingerprint density at radius 3 is 2.39 bits per heavy atom. The first-order valence-electron chi connectivity index (χ1n) is 10.8. The van der Waals surface area contributed by atoms with Gasteiger partial charge in [-0.25, -0.2) is 0 Å². The number of rotatable bonds is 8. The maximum Gasteiger partial charge on any atom is 0.240 e. The molecule has 1 aromatic carbocycles. The van der Waals surface area contributed by atoms with Gasteiger partial charge in [0.15, 0.2) is 5.78 Å². The highest BCUT2D eigenvalue weighted by Crippen LogP contribution is 2.27. The Bertz CT molecular complexity index is 1010. The number of nitrogens with one attached hydrogen (secondary N) is 1. The summed E-state index contributed by atoms with van der Waals surface area (Å²) in [5, 5.41) is 4.35. The molecule has 2 aromatic heterocycles. The van der Waals surface area contributed by atoms with Crippen molar-refractivity contribution in [3.8, 4) is 11.3 Å². The summed E-state index contributed by atoms with van der Waals surface area (Å²) in [6.07, 6.45) is 6.81. The molecule has 1 amide bonds. The second-order valence-corrected chi connectivity index (χ2v) is 8.03. The number of fused-ring (bicyclic) bond motifs is 1. The average Bonchev–Trinajstić information content (AvgIpc) is 3.12. The number of allylic oxidation sites excluding steroid dienone is 1. The van der Waals surface area contributed by atoms with Crippen LogP contribution in [0.2, 0.25) is 0 Å². The van der Waals surface area contributed by atoms with Gasteiger partial charge in [-0.05, 0) is 56.0 Å². The highest BCUT2D eigenvalue weighted by Gasteiger charge is 2.16. The van der Waals surface area contributed by atoms with Crippen LogP contribution in [0.5, 0.6) is 0 Å². The van der Waals surface area contributed by atoms with Gasteiger partial charge in [0.1, 0.15) is 6.54 Å². The zero-order valence-electron chi connectivity index (χ0n) is 19.0. The molecule has 5 nitrogen and oxygen atoms in total. The SMILES string of the molecule is C=CC(C)=O.CCC(CC(C)C)NC(=O)Cn1c(-c2ccncc2)cc2ccccc21. The zero-order chi connectivity index (χ0) is 22.8. The molecular weight excluding hydrogens is 386 g/mol. The van der Waals surface area contributed by atoms with Crippen LogP contribution in [0, 0.1) is 5.92 Å². The number of carbonyl (C=O) groups excluding carboxylic acids is 2. The van der Waals surface area contributed by atoms with Crippen LogP contribution in [-0.4, -0.2) is 27.3 Å². The number of amides is 1. The molecule has 3 rings (SSSR count). The van der Waals surface area contributed by atoms with Crippen molar-refractivity contribution in [2.24, 2.45) is 5.92 Å². The predicted octanol–water partition coefficient (Wildman–Crippen LogP) is 5.41. The minimum atomic E-state index is 0.0185. The Morgan fingerprint density at radius 1 is 1.16 bits per heavy atom. The molecule has 1 unspecified atom stereocenters. The minimum absolute atomic E-state index is 0.0185. The third-order valence-corrected chi connectivity index (χ3v) is 4.99. The van der Waals surface area contributed by atoms with Crippen molar-refractivity contribution in [1.82, 2.24) is 14.9 Å². The van der Waals surface area contributed by atoms with Crippen LogP contribution in [0.4, 0.5) is 0 Å². The Kier molecular flexibility index (Phi) is 9.19. The fourth-order valence-corrected chi connectivity index (χ4v) is 3.46. The summed E-state index contributed by atoms with van der Waals surface area (Å²) >= 11 is 0. The van der Waals surface area contributed by atoms with E-state index in [0.717, 1.165) is 35.0 Å². The molecule has 0 bridgehead atoms. The summed E-state index contributed by atoms with van der Waals surface area (Å²) in [6.45, 7) is 11.5. The smallest absolute Gasteiger partial charge is 0.240 e. The molecule has 0 saturated heterocycles. The van der Waals surface area contributed by atoms with Gasteiger partial charge in [0, 0.05) is 40.6 Å². The number of hydrogen-bond donors (Lipinski definition) is 1. The largest absolute Gasteiger partial charge is 0.352 e. The van der Waals surface area contributed by atoms with Crippen molar-refractivity contribution < 1.29 is 9.59 Å². The van der Waals surface area contributed by atoms with Gasteiger partial charge in [0.05, 0.1) is 0 Å². The van der Waals surface area contributed by atoms with Crippen LogP contribution < -0.4 is 5.32 Å². The second kappa shape index (κ2) is 11.8. The third kappa shape index (κ3) is 7.21. The molecule has 0 aliphatic carbocycles. The van der Waals surface area contributed by atoms with E-state index in [1.807, 2.05) is 24.3 Å². The van der Waals surface area contributed by atoms with E-state index < -0.39 is 0 Å². The summed E-state index contributed by atoms with van der Waals surface area (Å²) < 4.78 is 2.10. The lowest BCUT2D eigenvalue weighted by Crippen LogP contribution is -2.37. The van der Waals surface area contributed by atoms with Crippen LogP contribution >= 0.6 is 0 Å². The standard InChI is InChI=1S/C22H27N3O.C4H6O/c1-4-19(13-16(2)3)24-22(26)15-25-20-8-6-5-7-18(20)14-21(25)17-9-11-23-12-10-17;1-3-4(2)5/h5-12,14,16,19H,4,13,15H2,1-3H3,(H,24,26);3H,1H2,2H3. The van der Waals surface area contributed by atoms with Gasteiger partial charge in [0.25, 0.3) is 0 Å².